The Bertz CT molecular complexity index is 1200. The maximum atomic E-state index is 15.2. The second-order valence-corrected chi connectivity index (χ2v) is 9.55. The van der Waals surface area contributed by atoms with Crippen LogP contribution in [-0.2, 0) is 27.1 Å². The summed E-state index contributed by atoms with van der Waals surface area (Å²) in [6, 6.07) is 7.08. The van der Waals surface area contributed by atoms with Crippen LogP contribution in [0.1, 0.15) is 36.1 Å². The van der Waals surface area contributed by atoms with Crippen LogP contribution in [0.3, 0.4) is 0 Å². The first-order chi connectivity index (χ1) is 16.6. The lowest BCUT2D eigenvalue weighted by atomic mass is 9.86. The number of nitrogens with one attached hydrogen (secondary N) is 1. The van der Waals surface area contributed by atoms with Crippen LogP contribution < -0.4 is 5.48 Å². The number of nitrogens with zero attached hydrogens (tertiary/aromatic N) is 1. The molecule has 1 unspecified atom stereocenters. The summed E-state index contributed by atoms with van der Waals surface area (Å²) in [5, 5.41) is -0.544. The lowest BCUT2D eigenvalue weighted by Gasteiger charge is -2.45. The first-order valence-corrected chi connectivity index (χ1v) is 11.1. The molecule has 0 spiro atoms. The van der Waals surface area contributed by atoms with E-state index in [-0.39, 0.29) is 41.7 Å². The van der Waals surface area contributed by atoms with E-state index in [1.165, 1.54) is 29.2 Å². The Morgan fingerprint density at radius 3 is 2.17 bits per heavy atom. The highest BCUT2D eigenvalue weighted by Crippen LogP contribution is 2.49. The first-order valence-electron chi connectivity index (χ1n) is 10.8. The zero-order valence-electron chi connectivity index (χ0n) is 18.9. The fourth-order valence-corrected chi connectivity index (χ4v) is 4.40. The zero-order valence-corrected chi connectivity index (χ0v) is 19.7. The highest BCUT2D eigenvalue weighted by molar-refractivity contribution is 6.30. The van der Waals surface area contributed by atoms with Crippen molar-refractivity contribution in [2.75, 3.05) is 13.1 Å². The second-order valence-electron chi connectivity index (χ2n) is 9.11. The fraction of sp³-hybridized carbons (Fsp3) is 0.375. The molecule has 2 heterocycles. The summed E-state index contributed by atoms with van der Waals surface area (Å²) in [5.74, 6) is -0.464. The number of hydrogen-bond donors (Lipinski definition) is 1. The molecular weight excluding hydrogens is 517 g/mol. The van der Waals surface area contributed by atoms with E-state index >= 15 is 4.39 Å². The zero-order chi connectivity index (χ0) is 26.7. The minimum atomic E-state index is -5.16. The van der Waals surface area contributed by atoms with Gasteiger partial charge in [0.2, 0.25) is 11.5 Å². The molecule has 0 bridgehead atoms. The molecule has 4 rings (SSSR count). The van der Waals surface area contributed by atoms with Crippen molar-refractivity contribution in [3.63, 3.8) is 0 Å². The Kier molecular flexibility index (Phi) is 6.32. The fourth-order valence-electron chi connectivity index (χ4n) is 4.16. The quantitative estimate of drug-likeness (QED) is 0.463. The topological polar surface area (TPSA) is 41.6 Å². The van der Waals surface area contributed by atoms with Gasteiger partial charge < -0.3 is 4.90 Å². The second kappa shape index (κ2) is 8.65. The third kappa shape index (κ3) is 4.54. The minimum absolute atomic E-state index is 0.138. The molecule has 1 fully saturated rings. The van der Waals surface area contributed by atoms with Crippen molar-refractivity contribution in [1.82, 2.24) is 10.4 Å². The van der Waals surface area contributed by atoms with Gasteiger partial charge in [0.15, 0.2) is 5.67 Å². The van der Waals surface area contributed by atoms with E-state index in [4.69, 9.17) is 16.4 Å². The van der Waals surface area contributed by atoms with Crippen molar-refractivity contribution in [3.05, 3.63) is 75.8 Å². The number of halogens is 8. The molecule has 0 aliphatic carbocycles. The van der Waals surface area contributed by atoms with Gasteiger partial charge in [-0.1, -0.05) is 49.7 Å². The standard InChI is InChI=1S/C24H20ClF7N2O2/c1-13(2)20(35)34-11-21(26,12-34)15-5-3-14(4-6-15)19-10-22(36-33-19,24(30,31)32)16-7-17(23(27,28)29)9-18(25)8-16/h3-10,13,33H,11-12H2,1-2H3. The average Bonchev–Trinajstić information content (AvgIpc) is 3.22. The number of likely N-dealkylation sites (tertiary alicyclic amines) is 1. The molecule has 2 aliphatic heterocycles. The largest absolute Gasteiger partial charge is 0.428 e. The average molecular weight is 537 g/mol. The smallest absolute Gasteiger partial charge is 0.335 e. The van der Waals surface area contributed by atoms with Gasteiger partial charge in [0.05, 0.1) is 24.4 Å². The number of hydrogen-bond acceptors (Lipinski definition) is 3. The normalized spacial score (nSPS) is 21.8. The van der Waals surface area contributed by atoms with Crippen LogP contribution in [0.15, 0.2) is 48.5 Å². The molecule has 0 saturated carbocycles. The van der Waals surface area contributed by atoms with Crippen LogP contribution in [-0.4, -0.2) is 30.1 Å². The SMILES string of the molecule is CC(C)C(=O)N1CC(F)(c2ccc(C3=CC(c4cc(Cl)cc(C(F)(F)F)c4)(C(F)(F)F)ON3)cc2)C1. The Hall–Kier alpha value is -2.79. The summed E-state index contributed by atoms with van der Waals surface area (Å²) in [6.07, 6.45) is -9.47. The van der Waals surface area contributed by atoms with Crippen molar-refractivity contribution < 1.29 is 40.4 Å². The molecule has 1 amide bonds. The number of hydroxylamine groups is 1. The summed E-state index contributed by atoms with van der Waals surface area (Å²) in [7, 11) is 0. The Balaban J connectivity index is 1.64. The first kappa shape index (κ1) is 26.3. The summed E-state index contributed by atoms with van der Waals surface area (Å²) >= 11 is 5.70. The van der Waals surface area contributed by atoms with Crippen LogP contribution in [0.5, 0.6) is 0 Å². The lowest BCUT2D eigenvalue weighted by Crippen LogP contribution is -2.59. The van der Waals surface area contributed by atoms with Crippen molar-refractivity contribution in [1.29, 1.82) is 0 Å². The molecule has 1 N–H and O–H groups in total. The van der Waals surface area contributed by atoms with Crippen molar-refractivity contribution in [3.8, 4) is 0 Å². The van der Waals surface area contributed by atoms with E-state index in [1.807, 2.05) is 0 Å². The van der Waals surface area contributed by atoms with Crippen molar-refractivity contribution in [2.45, 2.75) is 37.5 Å². The molecule has 4 nitrogen and oxygen atoms in total. The molecular formula is C24H20ClF7N2O2. The summed E-state index contributed by atoms with van der Waals surface area (Å²) in [4.78, 5) is 18.2. The summed E-state index contributed by atoms with van der Waals surface area (Å²) < 4.78 is 97.3. The molecule has 2 aliphatic rings. The van der Waals surface area contributed by atoms with Crippen LogP contribution in [0.2, 0.25) is 5.02 Å². The summed E-state index contributed by atoms with van der Waals surface area (Å²) in [6.45, 7) is 3.13. The van der Waals surface area contributed by atoms with Crippen molar-refractivity contribution >= 4 is 23.2 Å². The molecule has 12 heteroatoms. The van der Waals surface area contributed by atoms with Gasteiger partial charge in [-0.2, -0.15) is 26.3 Å². The lowest BCUT2D eigenvalue weighted by molar-refractivity contribution is -0.269. The maximum Gasteiger partial charge on any atom is 0.428 e. The van der Waals surface area contributed by atoms with Crippen LogP contribution >= 0.6 is 11.6 Å². The minimum Gasteiger partial charge on any atom is -0.335 e. The number of carbonyl (C=O) groups excluding carboxylic acids is 1. The molecule has 2 aromatic rings. The van der Waals surface area contributed by atoms with Gasteiger partial charge in [0.25, 0.3) is 0 Å². The molecule has 2 aromatic carbocycles. The predicted molar refractivity (Wildman–Crippen MR) is 117 cm³/mol. The van der Waals surface area contributed by atoms with Crippen LogP contribution in [0.4, 0.5) is 30.7 Å². The third-order valence-electron chi connectivity index (χ3n) is 6.15. The molecule has 0 aromatic heterocycles. The van der Waals surface area contributed by atoms with Gasteiger partial charge >= 0.3 is 12.4 Å². The van der Waals surface area contributed by atoms with Gasteiger partial charge in [-0.3, -0.25) is 15.1 Å². The van der Waals surface area contributed by atoms with E-state index < -0.39 is 39.8 Å². The number of alkyl halides is 7. The Labute approximate surface area is 206 Å². The van der Waals surface area contributed by atoms with Gasteiger partial charge in [-0.25, -0.2) is 4.39 Å². The molecule has 0 radical (unpaired) electrons. The van der Waals surface area contributed by atoms with E-state index in [0.717, 1.165) is 6.07 Å². The number of rotatable bonds is 4. The Morgan fingerprint density at radius 2 is 1.64 bits per heavy atom. The molecule has 1 atom stereocenters. The van der Waals surface area contributed by atoms with Gasteiger partial charge in [-0.15, -0.1) is 0 Å². The van der Waals surface area contributed by atoms with E-state index in [2.05, 4.69) is 5.48 Å². The van der Waals surface area contributed by atoms with Crippen LogP contribution in [0, 0.1) is 5.92 Å². The van der Waals surface area contributed by atoms with E-state index in [1.54, 1.807) is 13.8 Å². The summed E-state index contributed by atoms with van der Waals surface area (Å²) in [5.41, 5.74) is -4.88. The Morgan fingerprint density at radius 1 is 1.03 bits per heavy atom. The van der Waals surface area contributed by atoms with Gasteiger partial charge in [-0.05, 0) is 35.4 Å². The van der Waals surface area contributed by atoms with Gasteiger partial charge in [0, 0.05) is 16.5 Å². The highest BCUT2D eigenvalue weighted by atomic mass is 35.5. The highest BCUT2D eigenvalue weighted by Gasteiger charge is 2.60. The third-order valence-corrected chi connectivity index (χ3v) is 6.36. The van der Waals surface area contributed by atoms with Gasteiger partial charge in [0.1, 0.15) is 0 Å². The maximum absolute atomic E-state index is 15.2. The van der Waals surface area contributed by atoms with E-state index in [0.29, 0.717) is 18.2 Å². The molecule has 194 valence electrons. The van der Waals surface area contributed by atoms with Crippen LogP contribution in [0.25, 0.3) is 5.70 Å². The molecule has 1 saturated heterocycles. The number of amides is 1. The van der Waals surface area contributed by atoms with Crippen molar-refractivity contribution in [2.24, 2.45) is 5.92 Å². The number of carbonyl (C=O) groups is 1. The predicted octanol–water partition coefficient (Wildman–Crippen LogP) is 6.36. The monoisotopic (exact) mass is 536 g/mol. The number of benzene rings is 2. The van der Waals surface area contributed by atoms with E-state index in [9.17, 15) is 31.1 Å². The molecule has 36 heavy (non-hydrogen) atoms.